The van der Waals surface area contributed by atoms with Crippen LogP contribution in [0.3, 0.4) is 0 Å². The van der Waals surface area contributed by atoms with E-state index in [1.807, 2.05) is 0 Å². The van der Waals surface area contributed by atoms with E-state index in [0.717, 1.165) is 39.3 Å². The molecule has 2 rings (SSSR count). The van der Waals surface area contributed by atoms with Gasteiger partial charge in [0.2, 0.25) is 0 Å². The van der Waals surface area contributed by atoms with Gasteiger partial charge in [-0.2, -0.15) is 0 Å². The lowest BCUT2D eigenvalue weighted by Gasteiger charge is -2.36. The van der Waals surface area contributed by atoms with Gasteiger partial charge in [0, 0.05) is 25.2 Å². The van der Waals surface area contributed by atoms with E-state index >= 15 is 0 Å². The fourth-order valence-electron chi connectivity index (χ4n) is 2.37. The van der Waals surface area contributed by atoms with Crippen molar-refractivity contribution in [3.8, 4) is 0 Å². The topological polar surface area (TPSA) is 42.5 Å². The van der Waals surface area contributed by atoms with Crippen LogP contribution in [-0.4, -0.2) is 51.1 Å². The molecule has 2 N–H and O–H groups in total. The smallest absolute Gasteiger partial charge is 0.0620 e. The maximum absolute atomic E-state index is 5.53. The molecule has 1 saturated carbocycles. The van der Waals surface area contributed by atoms with Crippen molar-refractivity contribution in [2.24, 2.45) is 0 Å². The molecule has 0 aromatic heterocycles. The average Bonchev–Trinajstić information content (AvgIpc) is 2.27. The molecular weight excluding hydrogens is 204 g/mol. The second-order valence-electron chi connectivity index (χ2n) is 4.71. The number of hydrogen-bond donors (Lipinski definition) is 2. The highest BCUT2D eigenvalue weighted by atomic mass is 16.5. The van der Waals surface area contributed by atoms with Crippen LogP contribution in [0, 0.1) is 0 Å². The van der Waals surface area contributed by atoms with Crippen molar-refractivity contribution in [3.05, 3.63) is 0 Å². The first kappa shape index (κ1) is 12.3. The standard InChI is InChI=1S/C12H24N2O2/c1-2-16-12-7-11(8-12)13-4-3-10-9-15-6-5-14-10/h10-14H,2-9H2,1H3. The lowest BCUT2D eigenvalue weighted by molar-refractivity contribution is -0.0103. The zero-order chi connectivity index (χ0) is 11.2. The van der Waals surface area contributed by atoms with Crippen molar-refractivity contribution in [3.63, 3.8) is 0 Å². The molecule has 0 radical (unpaired) electrons. The molecule has 1 aliphatic heterocycles. The van der Waals surface area contributed by atoms with Crippen LogP contribution < -0.4 is 10.6 Å². The van der Waals surface area contributed by atoms with E-state index in [4.69, 9.17) is 9.47 Å². The van der Waals surface area contributed by atoms with E-state index in [2.05, 4.69) is 17.6 Å². The third-order valence-corrected chi connectivity index (χ3v) is 3.42. The third kappa shape index (κ3) is 3.70. The number of hydrogen-bond acceptors (Lipinski definition) is 4. The molecule has 0 aromatic carbocycles. The van der Waals surface area contributed by atoms with Gasteiger partial charge in [-0.05, 0) is 32.7 Å². The molecule has 1 heterocycles. The Balaban J connectivity index is 1.46. The lowest BCUT2D eigenvalue weighted by Crippen LogP contribution is -2.48. The maximum atomic E-state index is 5.53. The van der Waals surface area contributed by atoms with Crippen LogP contribution in [0.4, 0.5) is 0 Å². The average molecular weight is 228 g/mol. The van der Waals surface area contributed by atoms with Crippen molar-refractivity contribution in [1.82, 2.24) is 10.6 Å². The van der Waals surface area contributed by atoms with Crippen LogP contribution in [0.2, 0.25) is 0 Å². The summed E-state index contributed by atoms with van der Waals surface area (Å²) in [5, 5.41) is 7.05. The Morgan fingerprint density at radius 2 is 2.31 bits per heavy atom. The Morgan fingerprint density at radius 3 is 3.00 bits per heavy atom. The fourth-order valence-corrected chi connectivity index (χ4v) is 2.37. The highest BCUT2D eigenvalue weighted by Crippen LogP contribution is 2.23. The number of morpholine rings is 1. The fraction of sp³-hybridized carbons (Fsp3) is 1.00. The molecule has 0 aromatic rings. The first-order valence-corrected chi connectivity index (χ1v) is 6.54. The summed E-state index contributed by atoms with van der Waals surface area (Å²) in [5.74, 6) is 0. The highest BCUT2D eigenvalue weighted by molar-refractivity contribution is 4.86. The summed E-state index contributed by atoms with van der Waals surface area (Å²) in [7, 11) is 0. The first-order valence-electron chi connectivity index (χ1n) is 6.54. The molecule has 0 bridgehead atoms. The van der Waals surface area contributed by atoms with E-state index in [1.165, 1.54) is 12.8 Å². The molecule has 4 heteroatoms. The summed E-state index contributed by atoms with van der Waals surface area (Å²) in [6.45, 7) is 6.73. The molecule has 1 unspecified atom stereocenters. The summed E-state index contributed by atoms with van der Waals surface area (Å²) in [5.41, 5.74) is 0. The Morgan fingerprint density at radius 1 is 1.44 bits per heavy atom. The van der Waals surface area contributed by atoms with Crippen LogP contribution in [0.5, 0.6) is 0 Å². The molecular formula is C12H24N2O2. The van der Waals surface area contributed by atoms with E-state index < -0.39 is 0 Å². The minimum absolute atomic E-state index is 0.513. The van der Waals surface area contributed by atoms with Gasteiger partial charge in [-0.3, -0.25) is 0 Å². The molecule has 1 aliphatic carbocycles. The van der Waals surface area contributed by atoms with Crippen LogP contribution in [-0.2, 0) is 9.47 Å². The van der Waals surface area contributed by atoms with Crippen molar-refractivity contribution >= 4 is 0 Å². The SMILES string of the molecule is CCOC1CC(NCCC2COCCN2)C1. The molecule has 2 fully saturated rings. The molecule has 1 saturated heterocycles. The second kappa shape index (κ2) is 6.55. The summed E-state index contributed by atoms with van der Waals surface area (Å²) in [4.78, 5) is 0. The van der Waals surface area contributed by atoms with Gasteiger partial charge in [-0.1, -0.05) is 0 Å². The summed E-state index contributed by atoms with van der Waals surface area (Å²) >= 11 is 0. The molecule has 4 nitrogen and oxygen atoms in total. The molecule has 2 aliphatic rings. The molecule has 0 spiro atoms. The second-order valence-corrected chi connectivity index (χ2v) is 4.71. The van der Waals surface area contributed by atoms with Gasteiger partial charge in [0.15, 0.2) is 0 Å². The first-order chi connectivity index (χ1) is 7.88. The van der Waals surface area contributed by atoms with Gasteiger partial charge in [0.25, 0.3) is 0 Å². The summed E-state index contributed by atoms with van der Waals surface area (Å²) < 4.78 is 11.0. The van der Waals surface area contributed by atoms with Gasteiger partial charge >= 0.3 is 0 Å². The Hall–Kier alpha value is -0.160. The summed E-state index contributed by atoms with van der Waals surface area (Å²) in [6, 6.07) is 1.23. The van der Waals surface area contributed by atoms with Gasteiger partial charge in [-0.25, -0.2) is 0 Å². The Bertz CT molecular complexity index is 189. The van der Waals surface area contributed by atoms with Gasteiger partial charge in [-0.15, -0.1) is 0 Å². The molecule has 16 heavy (non-hydrogen) atoms. The normalized spacial score (nSPS) is 34.7. The largest absolute Gasteiger partial charge is 0.379 e. The van der Waals surface area contributed by atoms with Crippen LogP contribution in [0.15, 0.2) is 0 Å². The molecule has 1 atom stereocenters. The van der Waals surface area contributed by atoms with Crippen molar-refractivity contribution < 1.29 is 9.47 Å². The quantitative estimate of drug-likeness (QED) is 0.695. The molecule has 94 valence electrons. The lowest BCUT2D eigenvalue weighted by atomic mass is 9.89. The Kier molecular flexibility index (Phi) is 5.03. The van der Waals surface area contributed by atoms with Crippen molar-refractivity contribution in [2.45, 2.75) is 44.4 Å². The van der Waals surface area contributed by atoms with Crippen molar-refractivity contribution in [1.29, 1.82) is 0 Å². The van der Waals surface area contributed by atoms with E-state index in [9.17, 15) is 0 Å². The minimum Gasteiger partial charge on any atom is -0.379 e. The predicted molar refractivity (Wildman–Crippen MR) is 63.7 cm³/mol. The monoisotopic (exact) mass is 228 g/mol. The zero-order valence-electron chi connectivity index (χ0n) is 10.2. The Labute approximate surface area is 98.1 Å². The maximum Gasteiger partial charge on any atom is 0.0620 e. The highest BCUT2D eigenvalue weighted by Gasteiger charge is 2.28. The van der Waals surface area contributed by atoms with Crippen LogP contribution in [0.25, 0.3) is 0 Å². The third-order valence-electron chi connectivity index (χ3n) is 3.42. The number of rotatable bonds is 6. The van der Waals surface area contributed by atoms with E-state index in [1.54, 1.807) is 0 Å². The van der Waals surface area contributed by atoms with E-state index in [0.29, 0.717) is 18.2 Å². The predicted octanol–water partition coefficient (Wildman–Crippen LogP) is 0.522. The van der Waals surface area contributed by atoms with Crippen molar-refractivity contribution in [2.75, 3.05) is 32.9 Å². The van der Waals surface area contributed by atoms with E-state index in [-0.39, 0.29) is 0 Å². The molecule has 0 amide bonds. The van der Waals surface area contributed by atoms with Gasteiger partial charge in [0.05, 0.1) is 19.3 Å². The van der Waals surface area contributed by atoms with Crippen LogP contribution in [0.1, 0.15) is 26.2 Å². The minimum atomic E-state index is 0.513. The number of nitrogens with one attached hydrogen (secondary N) is 2. The number of ether oxygens (including phenoxy) is 2. The zero-order valence-corrected chi connectivity index (χ0v) is 10.2. The summed E-state index contributed by atoms with van der Waals surface area (Å²) in [6.07, 6.45) is 4.04. The van der Waals surface area contributed by atoms with Crippen LogP contribution >= 0.6 is 0 Å². The van der Waals surface area contributed by atoms with Gasteiger partial charge in [0.1, 0.15) is 0 Å². The van der Waals surface area contributed by atoms with Gasteiger partial charge < -0.3 is 20.1 Å².